The fraction of sp³-hybridized carbons (Fsp3) is 0. The number of hydrogen-bond donors (Lipinski definition) is 0. The highest BCUT2D eigenvalue weighted by molar-refractivity contribution is 8.03. The van der Waals surface area contributed by atoms with E-state index in [1.54, 1.807) is 0 Å². The van der Waals surface area contributed by atoms with Gasteiger partial charge >= 0.3 is 0 Å². The van der Waals surface area contributed by atoms with Gasteiger partial charge in [0, 0.05) is 10.3 Å². The molecule has 0 spiro atoms. The predicted octanol–water partition coefficient (Wildman–Crippen LogP) is 1.31. The van der Waals surface area contributed by atoms with E-state index in [0.29, 0.717) is 0 Å². The van der Waals surface area contributed by atoms with Crippen LogP contribution in [0.3, 0.4) is 0 Å². The molecule has 0 amide bonds. The Morgan fingerprint density at radius 3 is 1.78 bits per heavy atom. The summed E-state index contributed by atoms with van der Waals surface area (Å²) in [6.45, 7) is 6.51. The van der Waals surface area contributed by atoms with Crippen molar-refractivity contribution in [1.82, 2.24) is 0 Å². The number of ether oxygens (including phenoxy) is 1. The molecule has 0 saturated heterocycles. The zero-order chi connectivity index (χ0) is 7.70. The Labute approximate surface area is 60.8 Å². The highest BCUT2D eigenvalue weighted by Gasteiger charge is 1.46. The summed E-state index contributed by atoms with van der Waals surface area (Å²) in [6, 6.07) is 0. The molecule has 0 fully saturated rings. The van der Waals surface area contributed by atoms with Crippen LogP contribution in [0.5, 0.6) is 0 Å². The van der Waals surface area contributed by atoms with Crippen molar-refractivity contribution in [3.8, 4) is 0 Å². The van der Waals surface area contributed by atoms with Crippen molar-refractivity contribution in [1.29, 1.82) is 0 Å². The van der Waals surface area contributed by atoms with Gasteiger partial charge in [0.1, 0.15) is 0 Å². The lowest BCUT2D eigenvalue weighted by molar-refractivity contribution is 0.406. The van der Waals surface area contributed by atoms with Crippen LogP contribution in [-0.2, 0) is 15.0 Å². The second kappa shape index (κ2) is 10.6. The van der Waals surface area contributed by atoms with Crippen molar-refractivity contribution in [2.45, 2.75) is 0 Å². The standard InChI is InChI=1S/C4H6O.ClHO2S/c1-3-5-4-2;1-4(2)3/h3-4H,1-2H2;(H,2,3)/p-1. The van der Waals surface area contributed by atoms with Crippen molar-refractivity contribution >= 4 is 21.0 Å². The Morgan fingerprint density at radius 2 is 1.78 bits per heavy atom. The highest BCUT2D eigenvalue weighted by Crippen LogP contribution is 1.71. The van der Waals surface area contributed by atoms with Gasteiger partial charge in [0.05, 0.1) is 12.5 Å². The van der Waals surface area contributed by atoms with Gasteiger partial charge < -0.3 is 9.29 Å². The van der Waals surface area contributed by atoms with Gasteiger partial charge in [-0.1, -0.05) is 13.2 Å². The maximum absolute atomic E-state index is 8.77. The Morgan fingerprint density at radius 1 is 1.56 bits per heavy atom. The zero-order valence-electron chi connectivity index (χ0n) is 4.58. The Balaban J connectivity index is 0. The Hall–Kier alpha value is -0.320. The van der Waals surface area contributed by atoms with E-state index in [1.165, 1.54) is 12.5 Å². The maximum Gasteiger partial charge on any atom is 0.0829 e. The summed E-state index contributed by atoms with van der Waals surface area (Å²) < 4.78 is 21.9. The molecular formula is C4H6ClO3S-. The average molecular weight is 170 g/mol. The van der Waals surface area contributed by atoms with Crippen LogP contribution in [-0.4, -0.2) is 8.76 Å². The van der Waals surface area contributed by atoms with Crippen LogP contribution in [0.15, 0.2) is 25.7 Å². The van der Waals surface area contributed by atoms with E-state index < -0.39 is 10.3 Å². The molecule has 1 unspecified atom stereocenters. The van der Waals surface area contributed by atoms with Crippen LogP contribution in [0.2, 0.25) is 0 Å². The van der Waals surface area contributed by atoms with Gasteiger partial charge in [0.25, 0.3) is 0 Å². The molecule has 0 rings (SSSR count). The lowest BCUT2D eigenvalue weighted by Gasteiger charge is -1.80. The summed E-state index contributed by atoms with van der Waals surface area (Å²) in [5.41, 5.74) is 0. The summed E-state index contributed by atoms with van der Waals surface area (Å²) in [4.78, 5) is 0. The molecular weight excluding hydrogens is 164 g/mol. The van der Waals surface area contributed by atoms with Crippen molar-refractivity contribution in [2.75, 3.05) is 0 Å². The van der Waals surface area contributed by atoms with E-state index >= 15 is 0 Å². The molecule has 0 saturated carbocycles. The number of rotatable bonds is 2. The molecule has 0 aliphatic heterocycles. The first-order valence-electron chi connectivity index (χ1n) is 1.78. The summed E-state index contributed by atoms with van der Waals surface area (Å²) in [5.74, 6) is 0. The Kier molecular flexibility index (Phi) is 13.5. The molecule has 3 nitrogen and oxygen atoms in total. The molecule has 0 radical (unpaired) electrons. The van der Waals surface area contributed by atoms with Crippen LogP contribution in [0.1, 0.15) is 0 Å². The van der Waals surface area contributed by atoms with Crippen LogP contribution in [0.4, 0.5) is 0 Å². The van der Waals surface area contributed by atoms with E-state index in [0.717, 1.165) is 0 Å². The predicted molar refractivity (Wildman–Crippen MR) is 36.3 cm³/mol. The topological polar surface area (TPSA) is 49.4 Å². The minimum absolute atomic E-state index is 1.31. The van der Waals surface area contributed by atoms with Crippen LogP contribution in [0.25, 0.3) is 0 Å². The number of halogens is 1. The van der Waals surface area contributed by atoms with Crippen LogP contribution < -0.4 is 0 Å². The van der Waals surface area contributed by atoms with E-state index in [1.807, 2.05) is 0 Å². The zero-order valence-corrected chi connectivity index (χ0v) is 6.15. The summed E-state index contributed by atoms with van der Waals surface area (Å²) in [7, 11) is 1.80. The first kappa shape index (κ1) is 11.5. The van der Waals surface area contributed by atoms with Gasteiger partial charge in [-0.25, -0.2) is 0 Å². The second-order valence-electron chi connectivity index (χ2n) is 0.663. The Bertz CT molecular complexity index is 94.0. The van der Waals surface area contributed by atoms with Crippen LogP contribution in [0, 0.1) is 0 Å². The van der Waals surface area contributed by atoms with Crippen molar-refractivity contribution in [2.24, 2.45) is 0 Å². The molecule has 0 N–H and O–H groups in total. The molecule has 0 aromatic rings. The fourth-order valence-electron chi connectivity index (χ4n) is 0.0680. The SMILES string of the molecule is C=COC=C.O=S([O-])Cl. The average Bonchev–Trinajstić information content (AvgIpc) is 1.66. The third kappa shape index (κ3) is 87.8. The lowest BCUT2D eigenvalue weighted by Crippen LogP contribution is -1.61. The van der Waals surface area contributed by atoms with E-state index in [4.69, 9.17) is 8.76 Å². The van der Waals surface area contributed by atoms with Crippen molar-refractivity contribution in [3.63, 3.8) is 0 Å². The van der Waals surface area contributed by atoms with E-state index in [9.17, 15) is 0 Å². The molecule has 0 aromatic carbocycles. The lowest BCUT2D eigenvalue weighted by atomic mass is 11.1. The minimum atomic E-state index is -2.39. The molecule has 9 heavy (non-hydrogen) atoms. The monoisotopic (exact) mass is 169 g/mol. The second-order valence-corrected chi connectivity index (χ2v) is 1.81. The third-order valence-corrected chi connectivity index (χ3v) is 0.192. The molecule has 0 aliphatic carbocycles. The molecule has 5 heteroatoms. The van der Waals surface area contributed by atoms with Gasteiger partial charge in [0.2, 0.25) is 0 Å². The molecule has 0 aliphatic rings. The molecule has 0 aromatic heterocycles. The minimum Gasteiger partial charge on any atom is -0.760 e. The van der Waals surface area contributed by atoms with Gasteiger partial charge in [0.15, 0.2) is 0 Å². The third-order valence-electron chi connectivity index (χ3n) is 0.192. The van der Waals surface area contributed by atoms with Crippen LogP contribution >= 0.6 is 10.7 Å². The first-order chi connectivity index (χ1) is 4.15. The fourth-order valence-corrected chi connectivity index (χ4v) is 0.0680. The summed E-state index contributed by atoms with van der Waals surface area (Å²) >= 11 is 0. The summed E-state index contributed by atoms with van der Waals surface area (Å²) in [5, 5.41) is 0. The number of hydrogen-bond acceptors (Lipinski definition) is 3. The maximum atomic E-state index is 8.77. The molecule has 0 bridgehead atoms. The van der Waals surface area contributed by atoms with Gasteiger partial charge in [-0.3, -0.25) is 4.21 Å². The molecule has 54 valence electrons. The molecule has 1 atom stereocenters. The van der Waals surface area contributed by atoms with E-state index in [-0.39, 0.29) is 0 Å². The normalized spacial score (nSPS) is 10.0. The van der Waals surface area contributed by atoms with Crippen molar-refractivity contribution in [3.05, 3.63) is 25.7 Å². The highest BCUT2D eigenvalue weighted by atomic mass is 35.7. The quantitative estimate of drug-likeness (QED) is 0.356. The largest absolute Gasteiger partial charge is 0.760 e. The summed E-state index contributed by atoms with van der Waals surface area (Å²) in [6.07, 6.45) is 2.62. The first-order valence-corrected chi connectivity index (χ1v) is 3.68. The van der Waals surface area contributed by atoms with E-state index in [2.05, 4.69) is 28.6 Å². The van der Waals surface area contributed by atoms with Gasteiger partial charge in [-0.05, 0) is 10.7 Å². The van der Waals surface area contributed by atoms with Gasteiger partial charge in [-0.2, -0.15) is 0 Å². The smallest absolute Gasteiger partial charge is 0.0829 e. The van der Waals surface area contributed by atoms with Gasteiger partial charge in [-0.15, -0.1) is 0 Å². The van der Waals surface area contributed by atoms with Crippen molar-refractivity contribution < 1.29 is 13.5 Å². The molecule has 0 heterocycles.